The van der Waals surface area contributed by atoms with Gasteiger partial charge in [-0.3, -0.25) is 4.79 Å². The molecule has 0 heterocycles. The van der Waals surface area contributed by atoms with Crippen LogP contribution in [-0.2, 0) is 16.0 Å². The first kappa shape index (κ1) is 13.0. The van der Waals surface area contributed by atoms with E-state index in [-0.39, 0.29) is 12.2 Å². The third kappa shape index (κ3) is 2.95. The Morgan fingerprint density at radius 1 is 1.50 bits per heavy atom. The van der Waals surface area contributed by atoms with E-state index in [0.29, 0.717) is 16.6 Å². The van der Waals surface area contributed by atoms with E-state index in [9.17, 15) is 9.18 Å². The topological polar surface area (TPSA) is 35.5 Å². The van der Waals surface area contributed by atoms with E-state index in [4.69, 9.17) is 4.74 Å². The minimum Gasteiger partial charge on any atom is -0.490 e. The Kier molecular flexibility index (Phi) is 4.73. The van der Waals surface area contributed by atoms with E-state index in [2.05, 4.69) is 20.7 Å². The number of hydrogen-bond acceptors (Lipinski definition) is 3. The lowest BCUT2D eigenvalue weighted by Gasteiger charge is -2.11. The maximum Gasteiger partial charge on any atom is 0.310 e. The van der Waals surface area contributed by atoms with E-state index >= 15 is 0 Å². The van der Waals surface area contributed by atoms with Gasteiger partial charge in [0.1, 0.15) is 0 Å². The second-order valence-electron chi connectivity index (χ2n) is 3.04. The first-order chi connectivity index (χ1) is 7.60. The van der Waals surface area contributed by atoms with Crippen LogP contribution in [0.2, 0.25) is 0 Å². The summed E-state index contributed by atoms with van der Waals surface area (Å²) < 4.78 is 23.7. The minimum atomic E-state index is -0.497. The number of carbonyl (C=O) groups is 1. The van der Waals surface area contributed by atoms with Crippen LogP contribution in [0, 0.1) is 5.82 Å². The molecule has 0 fully saturated rings. The zero-order valence-corrected chi connectivity index (χ0v) is 10.6. The van der Waals surface area contributed by atoms with Crippen molar-refractivity contribution in [3.8, 4) is 5.75 Å². The summed E-state index contributed by atoms with van der Waals surface area (Å²) in [6, 6.07) is 3.17. The SMILES string of the molecule is CCOc1c(CC(=O)OC)ccc(Br)c1F. The fourth-order valence-electron chi connectivity index (χ4n) is 1.24. The number of halogens is 2. The van der Waals surface area contributed by atoms with Crippen LogP contribution >= 0.6 is 15.9 Å². The lowest BCUT2D eigenvalue weighted by atomic mass is 10.1. The lowest BCUT2D eigenvalue weighted by molar-refractivity contribution is -0.139. The van der Waals surface area contributed by atoms with Gasteiger partial charge in [-0.05, 0) is 28.9 Å². The van der Waals surface area contributed by atoms with Gasteiger partial charge in [-0.25, -0.2) is 4.39 Å². The minimum absolute atomic E-state index is 0.00394. The van der Waals surface area contributed by atoms with Crippen LogP contribution in [0.25, 0.3) is 0 Å². The molecule has 88 valence electrons. The summed E-state index contributed by atoms with van der Waals surface area (Å²) in [6.45, 7) is 2.09. The normalized spacial score (nSPS) is 10.0. The van der Waals surface area contributed by atoms with Gasteiger partial charge in [0.25, 0.3) is 0 Å². The van der Waals surface area contributed by atoms with Crippen LogP contribution in [0.5, 0.6) is 5.75 Å². The summed E-state index contributed by atoms with van der Waals surface area (Å²) in [4.78, 5) is 11.1. The van der Waals surface area contributed by atoms with Gasteiger partial charge in [0.15, 0.2) is 11.6 Å². The Balaban J connectivity index is 3.07. The van der Waals surface area contributed by atoms with Crippen molar-refractivity contribution in [1.29, 1.82) is 0 Å². The van der Waals surface area contributed by atoms with Crippen molar-refractivity contribution in [2.75, 3.05) is 13.7 Å². The Bertz CT molecular complexity index is 393. The first-order valence-corrected chi connectivity index (χ1v) is 5.56. The van der Waals surface area contributed by atoms with Crippen molar-refractivity contribution in [1.82, 2.24) is 0 Å². The summed E-state index contributed by atoms with van der Waals surface area (Å²) >= 11 is 3.06. The predicted octanol–water partition coefficient (Wildman–Crippen LogP) is 2.70. The first-order valence-electron chi connectivity index (χ1n) is 4.76. The fourth-order valence-corrected chi connectivity index (χ4v) is 1.55. The van der Waals surface area contributed by atoms with E-state index in [0.717, 1.165) is 0 Å². The molecule has 0 aliphatic rings. The number of ether oxygens (including phenoxy) is 2. The molecule has 0 radical (unpaired) electrons. The molecule has 1 aromatic carbocycles. The maximum absolute atomic E-state index is 13.7. The molecule has 0 unspecified atom stereocenters. The van der Waals surface area contributed by atoms with Crippen molar-refractivity contribution < 1.29 is 18.7 Å². The van der Waals surface area contributed by atoms with Crippen LogP contribution in [0.4, 0.5) is 4.39 Å². The van der Waals surface area contributed by atoms with Crippen molar-refractivity contribution in [3.63, 3.8) is 0 Å². The van der Waals surface area contributed by atoms with Crippen LogP contribution in [0.1, 0.15) is 12.5 Å². The van der Waals surface area contributed by atoms with Gasteiger partial charge in [-0.2, -0.15) is 0 Å². The number of esters is 1. The highest BCUT2D eigenvalue weighted by Gasteiger charge is 2.15. The van der Waals surface area contributed by atoms with Gasteiger partial charge in [0, 0.05) is 5.56 Å². The van der Waals surface area contributed by atoms with Crippen molar-refractivity contribution >= 4 is 21.9 Å². The van der Waals surface area contributed by atoms with Crippen LogP contribution in [-0.4, -0.2) is 19.7 Å². The molecule has 0 saturated carbocycles. The van der Waals surface area contributed by atoms with E-state index < -0.39 is 11.8 Å². The molecule has 0 saturated heterocycles. The molecule has 1 rings (SSSR count). The van der Waals surface area contributed by atoms with Gasteiger partial charge in [-0.1, -0.05) is 6.07 Å². The van der Waals surface area contributed by atoms with Crippen molar-refractivity contribution in [3.05, 3.63) is 28.0 Å². The molecule has 0 aromatic heterocycles. The molecule has 3 nitrogen and oxygen atoms in total. The third-order valence-electron chi connectivity index (χ3n) is 1.98. The van der Waals surface area contributed by atoms with E-state index in [1.807, 2.05) is 0 Å². The Morgan fingerprint density at radius 3 is 2.75 bits per heavy atom. The summed E-state index contributed by atoms with van der Waals surface area (Å²) in [5.41, 5.74) is 0.481. The number of carbonyl (C=O) groups excluding carboxylic acids is 1. The molecule has 0 spiro atoms. The van der Waals surface area contributed by atoms with E-state index in [1.165, 1.54) is 13.2 Å². The molecule has 0 bridgehead atoms. The predicted molar refractivity (Wildman–Crippen MR) is 61.0 cm³/mol. The summed E-state index contributed by atoms with van der Waals surface area (Å²) in [7, 11) is 1.29. The van der Waals surface area contributed by atoms with Gasteiger partial charge < -0.3 is 9.47 Å². The quantitative estimate of drug-likeness (QED) is 0.800. The molecule has 1 aromatic rings. The number of hydrogen-bond donors (Lipinski definition) is 0. The zero-order valence-electron chi connectivity index (χ0n) is 9.05. The monoisotopic (exact) mass is 290 g/mol. The van der Waals surface area contributed by atoms with Gasteiger partial charge in [0.05, 0.1) is 24.6 Å². The summed E-state index contributed by atoms with van der Waals surface area (Å²) in [6.07, 6.45) is -0.00394. The molecule has 0 aliphatic heterocycles. The Hall–Kier alpha value is -1.10. The molecule has 16 heavy (non-hydrogen) atoms. The maximum atomic E-state index is 13.7. The second kappa shape index (κ2) is 5.84. The molecule has 0 atom stereocenters. The lowest BCUT2D eigenvalue weighted by Crippen LogP contribution is -2.08. The summed E-state index contributed by atoms with van der Waals surface area (Å²) in [5.74, 6) is -0.826. The highest BCUT2D eigenvalue weighted by atomic mass is 79.9. The summed E-state index contributed by atoms with van der Waals surface area (Å²) in [5, 5.41) is 0. The number of rotatable bonds is 4. The largest absolute Gasteiger partial charge is 0.490 e. The van der Waals surface area contributed by atoms with Gasteiger partial charge in [0.2, 0.25) is 0 Å². The van der Waals surface area contributed by atoms with Crippen LogP contribution < -0.4 is 4.74 Å². The average Bonchev–Trinajstić information content (AvgIpc) is 2.28. The molecular weight excluding hydrogens is 279 g/mol. The molecule has 0 amide bonds. The smallest absolute Gasteiger partial charge is 0.310 e. The Morgan fingerprint density at radius 2 is 2.19 bits per heavy atom. The van der Waals surface area contributed by atoms with Gasteiger partial charge in [-0.15, -0.1) is 0 Å². The highest BCUT2D eigenvalue weighted by Crippen LogP contribution is 2.29. The third-order valence-corrected chi connectivity index (χ3v) is 2.60. The zero-order chi connectivity index (χ0) is 12.1. The van der Waals surface area contributed by atoms with Crippen molar-refractivity contribution in [2.24, 2.45) is 0 Å². The standard InChI is InChI=1S/C11H12BrFO3/c1-3-16-11-7(6-9(14)15-2)4-5-8(12)10(11)13/h4-5H,3,6H2,1-2H3. The van der Waals surface area contributed by atoms with E-state index in [1.54, 1.807) is 13.0 Å². The Labute approximate surface area is 102 Å². The molecular formula is C11H12BrFO3. The van der Waals surface area contributed by atoms with Crippen LogP contribution in [0.15, 0.2) is 16.6 Å². The number of methoxy groups -OCH3 is 1. The molecule has 5 heteroatoms. The van der Waals surface area contributed by atoms with Gasteiger partial charge >= 0.3 is 5.97 Å². The average molecular weight is 291 g/mol. The number of benzene rings is 1. The van der Waals surface area contributed by atoms with Crippen LogP contribution in [0.3, 0.4) is 0 Å². The fraction of sp³-hybridized carbons (Fsp3) is 0.364. The second-order valence-corrected chi connectivity index (χ2v) is 3.89. The molecule has 0 aliphatic carbocycles. The highest BCUT2D eigenvalue weighted by molar-refractivity contribution is 9.10. The van der Waals surface area contributed by atoms with Crippen molar-refractivity contribution in [2.45, 2.75) is 13.3 Å². The molecule has 0 N–H and O–H groups in total.